The van der Waals surface area contributed by atoms with Crippen LogP contribution >= 0.6 is 0 Å². The standard InChI is InChI=1S/C13H16N4O2/c1-13(2,3)19-12-10-8(4-5-9(14)18)6-15-11(10)16-7-17-12/h4-7H,1-3H3,(H2,14,18)(H,15,16,17). The highest BCUT2D eigenvalue weighted by atomic mass is 16.5. The molecule has 19 heavy (non-hydrogen) atoms. The Morgan fingerprint density at radius 1 is 1.42 bits per heavy atom. The van der Waals surface area contributed by atoms with Crippen LogP contribution in [0.25, 0.3) is 17.1 Å². The molecule has 6 nitrogen and oxygen atoms in total. The van der Waals surface area contributed by atoms with Gasteiger partial charge in [-0.1, -0.05) is 0 Å². The molecule has 2 aromatic heterocycles. The molecule has 0 saturated carbocycles. The minimum Gasteiger partial charge on any atom is -0.471 e. The van der Waals surface area contributed by atoms with Crippen LogP contribution in [0.15, 0.2) is 18.6 Å². The van der Waals surface area contributed by atoms with Gasteiger partial charge in [0, 0.05) is 17.8 Å². The molecule has 0 aliphatic rings. The van der Waals surface area contributed by atoms with E-state index in [1.807, 2.05) is 20.8 Å². The number of primary amides is 1. The third kappa shape index (κ3) is 3.09. The van der Waals surface area contributed by atoms with E-state index in [4.69, 9.17) is 10.5 Å². The van der Waals surface area contributed by atoms with E-state index in [9.17, 15) is 4.79 Å². The zero-order chi connectivity index (χ0) is 14.0. The first kappa shape index (κ1) is 13.1. The van der Waals surface area contributed by atoms with Crippen molar-refractivity contribution in [2.75, 3.05) is 0 Å². The molecular formula is C13H16N4O2. The molecule has 100 valence electrons. The van der Waals surface area contributed by atoms with E-state index in [-0.39, 0.29) is 5.60 Å². The molecule has 0 unspecified atom stereocenters. The Labute approximate surface area is 110 Å². The number of carbonyl (C=O) groups is 1. The van der Waals surface area contributed by atoms with Crippen LogP contribution in [-0.2, 0) is 4.79 Å². The number of H-pyrrole nitrogens is 1. The quantitative estimate of drug-likeness (QED) is 0.820. The Kier molecular flexibility index (Phi) is 3.25. The topological polar surface area (TPSA) is 93.9 Å². The second kappa shape index (κ2) is 4.72. The lowest BCUT2D eigenvalue weighted by molar-refractivity contribution is -0.113. The molecule has 0 bridgehead atoms. The van der Waals surface area contributed by atoms with Gasteiger partial charge in [0.05, 0.1) is 5.39 Å². The monoisotopic (exact) mass is 260 g/mol. The van der Waals surface area contributed by atoms with Crippen molar-refractivity contribution in [1.29, 1.82) is 0 Å². The van der Waals surface area contributed by atoms with Crippen molar-refractivity contribution in [2.45, 2.75) is 26.4 Å². The van der Waals surface area contributed by atoms with Crippen molar-refractivity contribution >= 4 is 23.0 Å². The molecule has 2 aromatic rings. The van der Waals surface area contributed by atoms with Crippen molar-refractivity contribution in [3.63, 3.8) is 0 Å². The third-order valence-corrected chi connectivity index (χ3v) is 2.30. The third-order valence-electron chi connectivity index (χ3n) is 2.30. The predicted octanol–water partition coefficient (Wildman–Crippen LogP) is 1.63. The van der Waals surface area contributed by atoms with E-state index in [1.165, 1.54) is 12.4 Å². The zero-order valence-corrected chi connectivity index (χ0v) is 11.1. The number of nitrogens with two attached hydrogens (primary N) is 1. The van der Waals surface area contributed by atoms with Crippen molar-refractivity contribution in [3.05, 3.63) is 24.2 Å². The summed E-state index contributed by atoms with van der Waals surface area (Å²) >= 11 is 0. The molecule has 1 amide bonds. The highest BCUT2D eigenvalue weighted by Gasteiger charge is 2.17. The van der Waals surface area contributed by atoms with Crippen LogP contribution in [0.3, 0.4) is 0 Å². The van der Waals surface area contributed by atoms with Gasteiger partial charge in [0.15, 0.2) is 0 Å². The zero-order valence-electron chi connectivity index (χ0n) is 11.1. The Morgan fingerprint density at radius 3 is 2.79 bits per heavy atom. The lowest BCUT2D eigenvalue weighted by Gasteiger charge is -2.20. The second-order valence-corrected chi connectivity index (χ2v) is 5.10. The summed E-state index contributed by atoms with van der Waals surface area (Å²) in [5, 5.41) is 0.731. The number of fused-ring (bicyclic) bond motifs is 1. The van der Waals surface area contributed by atoms with E-state index >= 15 is 0 Å². The number of rotatable bonds is 3. The summed E-state index contributed by atoms with van der Waals surface area (Å²) in [5.74, 6) is -0.0349. The Hall–Kier alpha value is -2.37. The van der Waals surface area contributed by atoms with E-state index < -0.39 is 5.91 Å². The molecule has 2 heterocycles. The summed E-state index contributed by atoms with van der Waals surface area (Å²) in [6.07, 6.45) is 6.06. The van der Waals surface area contributed by atoms with Gasteiger partial charge in [0.2, 0.25) is 11.8 Å². The average Bonchev–Trinajstić information content (AvgIpc) is 2.68. The van der Waals surface area contributed by atoms with Crippen LogP contribution in [0.1, 0.15) is 26.3 Å². The summed E-state index contributed by atoms with van der Waals surface area (Å²) in [5.41, 5.74) is 6.13. The molecular weight excluding hydrogens is 244 g/mol. The molecule has 3 N–H and O–H groups in total. The maximum absolute atomic E-state index is 10.8. The molecule has 0 fully saturated rings. The predicted molar refractivity (Wildman–Crippen MR) is 72.5 cm³/mol. The highest BCUT2D eigenvalue weighted by molar-refractivity contribution is 5.96. The lowest BCUT2D eigenvalue weighted by atomic mass is 10.2. The van der Waals surface area contributed by atoms with E-state index in [2.05, 4.69) is 15.0 Å². The van der Waals surface area contributed by atoms with Crippen LogP contribution < -0.4 is 10.5 Å². The average molecular weight is 260 g/mol. The van der Waals surface area contributed by atoms with Gasteiger partial charge in [0.1, 0.15) is 17.6 Å². The molecule has 0 radical (unpaired) electrons. The number of aromatic nitrogens is 3. The van der Waals surface area contributed by atoms with Gasteiger partial charge in [-0.25, -0.2) is 9.97 Å². The fourth-order valence-corrected chi connectivity index (χ4v) is 1.63. The maximum atomic E-state index is 10.8. The van der Waals surface area contributed by atoms with Crippen LogP contribution in [0.5, 0.6) is 5.88 Å². The number of ether oxygens (including phenoxy) is 1. The van der Waals surface area contributed by atoms with Crippen LogP contribution in [0.2, 0.25) is 0 Å². The number of carbonyl (C=O) groups excluding carboxylic acids is 1. The molecule has 0 aromatic carbocycles. The smallest absolute Gasteiger partial charge is 0.241 e. The molecule has 0 spiro atoms. The van der Waals surface area contributed by atoms with Gasteiger partial charge in [-0.15, -0.1) is 0 Å². The van der Waals surface area contributed by atoms with Gasteiger partial charge in [-0.2, -0.15) is 0 Å². The van der Waals surface area contributed by atoms with Gasteiger partial charge in [-0.3, -0.25) is 4.79 Å². The van der Waals surface area contributed by atoms with Crippen molar-refractivity contribution in [3.8, 4) is 5.88 Å². The Balaban J connectivity index is 2.52. The second-order valence-electron chi connectivity index (χ2n) is 5.10. The summed E-state index contributed by atoms with van der Waals surface area (Å²) in [4.78, 5) is 22.1. The first-order valence-electron chi connectivity index (χ1n) is 5.85. The molecule has 0 aliphatic carbocycles. The van der Waals surface area contributed by atoms with Crippen LogP contribution in [0, 0.1) is 0 Å². The lowest BCUT2D eigenvalue weighted by Crippen LogP contribution is -2.23. The fourth-order valence-electron chi connectivity index (χ4n) is 1.63. The summed E-state index contributed by atoms with van der Waals surface area (Å²) in [6, 6.07) is 0. The van der Waals surface area contributed by atoms with Crippen molar-refractivity contribution in [1.82, 2.24) is 15.0 Å². The maximum Gasteiger partial charge on any atom is 0.241 e. The Bertz CT molecular complexity index is 638. The highest BCUT2D eigenvalue weighted by Crippen LogP contribution is 2.28. The Morgan fingerprint density at radius 2 is 2.16 bits per heavy atom. The molecule has 0 atom stereocenters. The molecule has 2 rings (SSSR count). The van der Waals surface area contributed by atoms with E-state index in [1.54, 1.807) is 12.3 Å². The van der Waals surface area contributed by atoms with Gasteiger partial charge in [0.25, 0.3) is 0 Å². The van der Waals surface area contributed by atoms with Gasteiger partial charge < -0.3 is 15.5 Å². The van der Waals surface area contributed by atoms with Gasteiger partial charge in [-0.05, 0) is 26.8 Å². The SMILES string of the molecule is CC(C)(C)Oc1ncnc2[nH]cc(C=CC(N)=O)c12. The number of aromatic amines is 1. The summed E-state index contributed by atoms with van der Waals surface area (Å²) in [6.45, 7) is 5.81. The first-order valence-corrected chi connectivity index (χ1v) is 5.85. The van der Waals surface area contributed by atoms with Crippen molar-refractivity contribution < 1.29 is 9.53 Å². The van der Waals surface area contributed by atoms with Crippen LogP contribution in [-0.4, -0.2) is 26.5 Å². The van der Waals surface area contributed by atoms with Crippen LogP contribution in [0.4, 0.5) is 0 Å². The first-order chi connectivity index (χ1) is 8.87. The minimum atomic E-state index is -0.510. The number of nitrogens with zero attached hydrogens (tertiary/aromatic N) is 2. The van der Waals surface area contributed by atoms with Crippen molar-refractivity contribution in [2.24, 2.45) is 5.73 Å². The van der Waals surface area contributed by atoms with Gasteiger partial charge >= 0.3 is 0 Å². The number of amides is 1. The minimum absolute atomic E-state index is 0.372. The van der Waals surface area contributed by atoms with E-state index in [0.29, 0.717) is 11.5 Å². The molecule has 0 saturated heterocycles. The summed E-state index contributed by atoms with van der Waals surface area (Å²) in [7, 11) is 0. The number of hydrogen-bond acceptors (Lipinski definition) is 4. The largest absolute Gasteiger partial charge is 0.471 e. The number of hydrogen-bond donors (Lipinski definition) is 2. The summed E-state index contributed by atoms with van der Waals surface area (Å²) < 4.78 is 5.80. The molecule has 0 aliphatic heterocycles. The molecule has 6 heteroatoms. The normalized spacial score (nSPS) is 12.2. The van der Waals surface area contributed by atoms with E-state index in [0.717, 1.165) is 10.9 Å². The fraction of sp³-hybridized carbons (Fsp3) is 0.308. The number of nitrogens with one attached hydrogen (secondary N) is 1.